The van der Waals surface area contributed by atoms with Crippen molar-refractivity contribution >= 4 is 5.78 Å². The van der Waals surface area contributed by atoms with E-state index in [9.17, 15) is 9.90 Å². The summed E-state index contributed by atoms with van der Waals surface area (Å²) < 4.78 is 16.2. The summed E-state index contributed by atoms with van der Waals surface area (Å²) in [5.41, 5.74) is 1.54. The van der Waals surface area contributed by atoms with Crippen LogP contribution in [0.3, 0.4) is 0 Å². The van der Waals surface area contributed by atoms with E-state index in [0.29, 0.717) is 42.2 Å². The van der Waals surface area contributed by atoms with E-state index in [1.54, 1.807) is 32.4 Å². The van der Waals surface area contributed by atoms with Crippen LogP contribution in [0.1, 0.15) is 43.1 Å². The van der Waals surface area contributed by atoms with Gasteiger partial charge < -0.3 is 24.6 Å². The predicted octanol–water partition coefficient (Wildman–Crippen LogP) is 3.65. The lowest BCUT2D eigenvalue weighted by molar-refractivity contribution is 0.0982. The number of carbonyl (C=O) groups excluding carboxylic acids is 1. The monoisotopic (exact) mass is 415 g/mol. The van der Waals surface area contributed by atoms with Gasteiger partial charge >= 0.3 is 0 Å². The number of rotatable bonds is 11. The highest BCUT2D eigenvalue weighted by molar-refractivity contribution is 5.96. The highest BCUT2D eigenvalue weighted by Crippen LogP contribution is 2.28. The zero-order chi connectivity index (χ0) is 22.1. The lowest BCUT2D eigenvalue weighted by atomic mass is 10.0. The number of β-amino-alcohol motifs (C(OH)–C–C–N with tert-alkyl or cyclic N) is 1. The summed E-state index contributed by atoms with van der Waals surface area (Å²) in [5, 5.41) is 13.3. The van der Waals surface area contributed by atoms with E-state index >= 15 is 0 Å². The number of hydrogen-bond donors (Lipinski definition) is 2. The zero-order valence-corrected chi connectivity index (χ0v) is 18.5. The molecule has 0 heterocycles. The SMILES string of the molecule is COc1ccc(C(=O)CCc2cccc(OCC(O)CNC(C)(C)C)c2)cc1OC. The van der Waals surface area contributed by atoms with E-state index in [4.69, 9.17) is 14.2 Å². The van der Waals surface area contributed by atoms with Crippen LogP contribution in [0.4, 0.5) is 0 Å². The van der Waals surface area contributed by atoms with Crippen molar-refractivity contribution in [3.05, 3.63) is 53.6 Å². The molecule has 0 fully saturated rings. The molecule has 0 spiro atoms. The number of methoxy groups -OCH3 is 2. The second-order valence-corrected chi connectivity index (χ2v) is 8.24. The van der Waals surface area contributed by atoms with Crippen molar-refractivity contribution in [1.82, 2.24) is 5.32 Å². The molecule has 0 aliphatic rings. The highest BCUT2D eigenvalue weighted by Gasteiger charge is 2.13. The minimum absolute atomic E-state index is 0.0333. The van der Waals surface area contributed by atoms with E-state index in [1.165, 1.54) is 0 Å². The molecule has 1 unspecified atom stereocenters. The molecule has 6 heteroatoms. The molecule has 0 radical (unpaired) electrons. The van der Waals surface area contributed by atoms with E-state index in [-0.39, 0.29) is 17.9 Å². The third-order valence-corrected chi connectivity index (χ3v) is 4.56. The molecule has 0 amide bonds. The average Bonchev–Trinajstić information content (AvgIpc) is 2.73. The molecule has 164 valence electrons. The van der Waals surface area contributed by atoms with Crippen molar-refractivity contribution in [3.8, 4) is 17.2 Å². The van der Waals surface area contributed by atoms with Gasteiger partial charge in [-0.3, -0.25) is 4.79 Å². The normalized spacial score (nSPS) is 12.3. The van der Waals surface area contributed by atoms with E-state index in [2.05, 4.69) is 5.32 Å². The molecule has 0 saturated heterocycles. The molecule has 6 nitrogen and oxygen atoms in total. The molecule has 0 bridgehead atoms. The van der Waals surface area contributed by atoms with Crippen molar-refractivity contribution in [3.63, 3.8) is 0 Å². The van der Waals surface area contributed by atoms with Gasteiger partial charge in [-0.25, -0.2) is 0 Å². The van der Waals surface area contributed by atoms with Crippen LogP contribution in [0.2, 0.25) is 0 Å². The Balaban J connectivity index is 1.88. The van der Waals surface area contributed by atoms with Gasteiger partial charge in [-0.05, 0) is 63.1 Å². The number of ether oxygens (including phenoxy) is 3. The van der Waals surface area contributed by atoms with E-state index in [1.807, 2.05) is 45.0 Å². The van der Waals surface area contributed by atoms with Crippen molar-refractivity contribution in [2.24, 2.45) is 0 Å². The first-order chi connectivity index (χ1) is 14.2. The molecule has 2 aromatic rings. The van der Waals surface area contributed by atoms with Crippen molar-refractivity contribution in [1.29, 1.82) is 0 Å². The van der Waals surface area contributed by atoms with Crippen LogP contribution in [-0.2, 0) is 6.42 Å². The largest absolute Gasteiger partial charge is 0.493 e. The maximum Gasteiger partial charge on any atom is 0.163 e. The fourth-order valence-corrected chi connectivity index (χ4v) is 2.88. The van der Waals surface area contributed by atoms with Crippen molar-refractivity contribution in [2.45, 2.75) is 45.3 Å². The molecule has 0 aliphatic carbocycles. The molecule has 0 aliphatic heterocycles. The summed E-state index contributed by atoms with van der Waals surface area (Å²) >= 11 is 0. The second kappa shape index (κ2) is 11.0. The Morgan fingerprint density at radius 2 is 1.80 bits per heavy atom. The standard InChI is InChI=1S/C24H33NO5/c1-24(2,3)25-15-19(26)16-30-20-8-6-7-17(13-20)9-11-21(27)18-10-12-22(28-4)23(14-18)29-5/h6-8,10,12-14,19,25-26H,9,11,15-16H2,1-5H3. The number of carbonyl (C=O) groups is 1. The predicted molar refractivity (Wildman–Crippen MR) is 118 cm³/mol. The van der Waals surface area contributed by atoms with E-state index in [0.717, 1.165) is 5.56 Å². The van der Waals surface area contributed by atoms with Crippen LogP contribution in [-0.4, -0.2) is 49.9 Å². The summed E-state index contributed by atoms with van der Waals surface area (Å²) in [6, 6.07) is 12.8. The van der Waals surface area contributed by atoms with Crippen molar-refractivity contribution < 1.29 is 24.1 Å². The second-order valence-electron chi connectivity index (χ2n) is 8.24. The Labute approximate surface area is 179 Å². The average molecular weight is 416 g/mol. The van der Waals surface area contributed by atoms with Crippen molar-refractivity contribution in [2.75, 3.05) is 27.4 Å². The van der Waals surface area contributed by atoms with Crippen LogP contribution in [0.25, 0.3) is 0 Å². The maximum absolute atomic E-state index is 12.6. The number of hydrogen-bond acceptors (Lipinski definition) is 6. The van der Waals surface area contributed by atoms with Crippen LogP contribution in [0.15, 0.2) is 42.5 Å². The fourth-order valence-electron chi connectivity index (χ4n) is 2.88. The molecule has 0 aromatic heterocycles. The van der Waals surface area contributed by atoms with Gasteiger partial charge in [0, 0.05) is 24.1 Å². The van der Waals surface area contributed by atoms with Gasteiger partial charge in [-0.15, -0.1) is 0 Å². The van der Waals surface area contributed by atoms with Gasteiger partial charge in [0.15, 0.2) is 17.3 Å². The lowest BCUT2D eigenvalue weighted by Crippen LogP contribution is -2.42. The number of aryl methyl sites for hydroxylation is 1. The molecule has 2 aromatic carbocycles. The number of aliphatic hydroxyl groups is 1. The summed E-state index contributed by atoms with van der Waals surface area (Å²) in [7, 11) is 3.11. The third kappa shape index (κ3) is 7.69. The summed E-state index contributed by atoms with van der Waals surface area (Å²) in [4.78, 5) is 12.6. The quantitative estimate of drug-likeness (QED) is 0.546. The molecular formula is C24H33NO5. The molecule has 1 atom stereocenters. The van der Waals surface area contributed by atoms with Gasteiger partial charge in [0.05, 0.1) is 14.2 Å². The molecular weight excluding hydrogens is 382 g/mol. The Bertz CT molecular complexity index is 829. The fraction of sp³-hybridized carbons (Fsp3) is 0.458. The maximum atomic E-state index is 12.6. The van der Waals surface area contributed by atoms with Gasteiger partial charge in [0.2, 0.25) is 0 Å². The van der Waals surface area contributed by atoms with E-state index < -0.39 is 6.10 Å². The number of aliphatic hydroxyl groups excluding tert-OH is 1. The Kier molecular flexibility index (Phi) is 8.69. The van der Waals surface area contributed by atoms with Gasteiger partial charge in [0.25, 0.3) is 0 Å². The highest BCUT2D eigenvalue weighted by atomic mass is 16.5. The zero-order valence-electron chi connectivity index (χ0n) is 18.5. The first kappa shape index (κ1) is 23.7. The van der Waals surface area contributed by atoms with Crippen LogP contribution in [0, 0.1) is 0 Å². The minimum Gasteiger partial charge on any atom is -0.493 e. The number of ketones is 1. The third-order valence-electron chi connectivity index (χ3n) is 4.56. The molecule has 2 N–H and O–H groups in total. The summed E-state index contributed by atoms with van der Waals surface area (Å²) in [6.45, 7) is 6.81. The van der Waals surface area contributed by atoms with Gasteiger partial charge in [-0.2, -0.15) is 0 Å². The smallest absolute Gasteiger partial charge is 0.163 e. The van der Waals surface area contributed by atoms with Crippen LogP contribution >= 0.6 is 0 Å². The number of nitrogens with one attached hydrogen (secondary N) is 1. The topological polar surface area (TPSA) is 77.0 Å². The lowest BCUT2D eigenvalue weighted by Gasteiger charge is -2.23. The minimum atomic E-state index is -0.598. The Morgan fingerprint density at radius 1 is 1.07 bits per heavy atom. The number of Topliss-reactive ketones (excluding diaryl/α,β-unsaturated/α-hetero) is 1. The van der Waals surface area contributed by atoms with Gasteiger partial charge in [-0.1, -0.05) is 12.1 Å². The van der Waals surface area contributed by atoms with Crippen LogP contribution < -0.4 is 19.5 Å². The summed E-state index contributed by atoms with van der Waals surface area (Å²) in [6.07, 6.45) is 0.370. The first-order valence-electron chi connectivity index (χ1n) is 10.1. The van der Waals surface area contributed by atoms with Gasteiger partial charge in [0.1, 0.15) is 18.5 Å². The molecule has 2 rings (SSSR count). The summed E-state index contributed by atoms with van der Waals surface area (Å²) in [5.74, 6) is 1.85. The first-order valence-corrected chi connectivity index (χ1v) is 10.1. The number of benzene rings is 2. The Morgan fingerprint density at radius 3 is 2.47 bits per heavy atom. The molecule has 0 saturated carbocycles. The van der Waals surface area contributed by atoms with Crippen LogP contribution in [0.5, 0.6) is 17.2 Å². The molecule has 30 heavy (non-hydrogen) atoms. The Hall–Kier alpha value is -2.57.